The molecule has 1 aliphatic carbocycles. The van der Waals surface area contributed by atoms with Gasteiger partial charge in [0.25, 0.3) is 0 Å². The Labute approximate surface area is 113 Å². The van der Waals surface area contributed by atoms with Crippen molar-refractivity contribution in [3.8, 4) is 0 Å². The summed E-state index contributed by atoms with van der Waals surface area (Å²) in [6.07, 6.45) is 1.12. The Bertz CT molecular complexity index is 547. The molecule has 0 heterocycles. The molecule has 18 heavy (non-hydrogen) atoms. The van der Waals surface area contributed by atoms with Crippen LogP contribution in [-0.4, -0.2) is 7.05 Å². The lowest BCUT2D eigenvalue weighted by atomic mass is 9.93. The summed E-state index contributed by atoms with van der Waals surface area (Å²) >= 11 is 5.96. The molecular weight excluding hydrogens is 242 g/mol. The summed E-state index contributed by atoms with van der Waals surface area (Å²) in [5.74, 6) is 0.482. The van der Waals surface area contributed by atoms with Crippen LogP contribution >= 0.6 is 11.6 Å². The zero-order chi connectivity index (χ0) is 12.5. The molecule has 3 rings (SSSR count). The van der Waals surface area contributed by atoms with Gasteiger partial charge in [0.15, 0.2) is 0 Å². The molecule has 0 radical (unpaired) electrons. The minimum Gasteiger partial charge on any atom is -0.313 e. The smallest absolute Gasteiger partial charge is 0.0406 e. The molecule has 1 N–H and O–H groups in total. The second kappa shape index (κ2) is 4.75. The third-order valence-corrected chi connectivity index (χ3v) is 4.09. The van der Waals surface area contributed by atoms with Gasteiger partial charge in [-0.15, -0.1) is 0 Å². The summed E-state index contributed by atoms with van der Waals surface area (Å²) in [7, 11) is 2.03. The van der Waals surface area contributed by atoms with Crippen LogP contribution in [0.1, 0.15) is 35.1 Å². The summed E-state index contributed by atoms with van der Waals surface area (Å²) in [5, 5.41) is 4.21. The van der Waals surface area contributed by atoms with Gasteiger partial charge in [0.1, 0.15) is 0 Å². The van der Waals surface area contributed by atoms with Crippen molar-refractivity contribution in [3.05, 3.63) is 70.2 Å². The summed E-state index contributed by atoms with van der Waals surface area (Å²) in [6.45, 7) is 0. The molecule has 1 nitrogen and oxygen atoms in total. The maximum absolute atomic E-state index is 5.96. The van der Waals surface area contributed by atoms with Crippen molar-refractivity contribution in [2.45, 2.75) is 18.4 Å². The first-order valence-electron chi connectivity index (χ1n) is 6.31. The van der Waals surface area contributed by atoms with Gasteiger partial charge in [0.05, 0.1) is 0 Å². The maximum atomic E-state index is 5.96. The molecular formula is C16H16ClN. The van der Waals surface area contributed by atoms with Crippen molar-refractivity contribution in [1.29, 1.82) is 0 Å². The van der Waals surface area contributed by atoms with E-state index in [2.05, 4.69) is 41.7 Å². The Kier molecular flexibility index (Phi) is 3.11. The molecule has 0 fully saturated rings. The van der Waals surface area contributed by atoms with E-state index in [0.717, 1.165) is 11.4 Å². The number of fused-ring (bicyclic) bond motifs is 1. The molecule has 2 unspecified atom stereocenters. The van der Waals surface area contributed by atoms with Crippen LogP contribution in [0.4, 0.5) is 0 Å². The highest BCUT2D eigenvalue weighted by atomic mass is 35.5. The van der Waals surface area contributed by atoms with Gasteiger partial charge < -0.3 is 5.32 Å². The molecule has 0 bridgehead atoms. The maximum Gasteiger partial charge on any atom is 0.0406 e. The fraction of sp³-hybridized carbons (Fsp3) is 0.250. The van der Waals surface area contributed by atoms with Gasteiger partial charge in [0.2, 0.25) is 0 Å². The molecule has 2 atom stereocenters. The van der Waals surface area contributed by atoms with Crippen molar-refractivity contribution in [2.75, 3.05) is 7.05 Å². The zero-order valence-corrected chi connectivity index (χ0v) is 11.1. The van der Waals surface area contributed by atoms with Crippen LogP contribution in [-0.2, 0) is 0 Å². The number of nitrogens with one attached hydrogen (secondary N) is 1. The third-order valence-electron chi connectivity index (χ3n) is 3.84. The van der Waals surface area contributed by atoms with Crippen molar-refractivity contribution in [2.24, 2.45) is 0 Å². The highest BCUT2D eigenvalue weighted by molar-refractivity contribution is 6.30. The molecule has 92 valence electrons. The van der Waals surface area contributed by atoms with E-state index in [0.29, 0.717) is 12.0 Å². The van der Waals surface area contributed by atoms with Gasteiger partial charge in [-0.25, -0.2) is 0 Å². The molecule has 0 saturated carbocycles. The van der Waals surface area contributed by atoms with Crippen LogP contribution in [0.15, 0.2) is 48.5 Å². The second-order valence-corrected chi connectivity index (χ2v) is 5.25. The SMILES string of the molecule is CNC1CC(c2ccc(Cl)cc2)c2ccccc21. The second-order valence-electron chi connectivity index (χ2n) is 4.81. The number of benzene rings is 2. The van der Waals surface area contributed by atoms with Crippen molar-refractivity contribution in [3.63, 3.8) is 0 Å². The van der Waals surface area contributed by atoms with E-state index in [1.807, 2.05) is 19.2 Å². The van der Waals surface area contributed by atoms with Crippen molar-refractivity contribution < 1.29 is 0 Å². The van der Waals surface area contributed by atoms with E-state index in [4.69, 9.17) is 11.6 Å². The van der Waals surface area contributed by atoms with Crippen LogP contribution < -0.4 is 5.32 Å². The molecule has 2 aromatic carbocycles. The molecule has 0 amide bonds. The highest BCUT2D eigenvalue weighted by Crippen LogP contribution is 2.43. The average Bonchev–Trinajstić information content (AvgIpc) is 2.79. The van der Waals surface area contributed by atoms with Gasteiger partial charge in [-0.3, -0.25) is 0 Å². The van der Waals surface area contributed by atoms with Crippen LogP contribution in [0.25, 0.3) is 0 Å². The third kappa shape index (κ3) is 1.94. The highest BCUT2D eigenvalue weighted by Gasteiger charge is 2.30. The van der Waals surface area contributed by atoms with Gasteiger partial charge in [0, 0.05) is 17.0 Å². The number of halogens is 1. The van der Waals surface area contributed by atoms with Crippen LogP contribution in [0, 0.1) is 0 Å². The van der Waals surface area contributed by atoms with Crippen molar-refractivity contribution in [1.82, 2.24) is 5.32 Å². The predicted octanol–water partition coefficient (Wildman–Crippen LogP) is 4.14. The van der Waals surface area contributed by atoms with Gasteiger partial charge in [-0.1, -0.05) is 48.0 Å². The van der Waals surface area contributed by atoms with Crippen LogP contribution in [0.5, 0.6) is 0 Å². The molecule has 2 aromatic rings. The fourth-order valence-corrected chi connectivity index (χ4v) is 3.05. The van der Waals surface area contributed by atoms with Gasteiger partial charge in [-0.2, -0.15) is 0 Å². The number of rotatable bonds is 2. The normalized spacial score (nSPS) is 21.9. The minimum absolute atomic E-state index is 0.460. The van der Waals surface area contributed by atoms with Crippen LogP contribution in [0.2, 0.25) is 5.02 Å². The molecule has 0 aliphatic heterocycles. The summed E-state index contributed by atoms with van der Waals surface area (Å²) in [6, 6.07) is 17.4. The van der Waals surface area contributed by atoms with E-state index in [-0.39, 0.29) is 0 Å². The number of hydrogen-bond acceptors (Lipinski definition) is 1. The first-order chi connectivity index (χ1) is 8.79. The molecule has 1 aliphatic rings. The topological polar surface area (TPSA) is 12.0 Å². The Morgan fingerprint density at radius 1 is 1.00 bits per heavy atom. The summed E-state index contributed by atoms with van der Waals surface area (Å²) in [5.41, 5.74) is 4.23. The Morgan fingerprint density at radius 2 is 1.67 bits per heavy atom. The first kappa shape index (κ1) is 11.8. The van der Waals surface area contributed by atoms with E-state index < -0.39 is 0 Å². The lowest BCUT2D eigenvalue weighted by Crippen LogP contribution is -2.13. The zero-order valence-electron chi connectivity index (χ0n) is 10.4. The quantitative estimate of drug-likeness (QED) is 0.853. The molecule has 2 heteroatoms. The fourth-order valence-electron chi connectivity index (χ4n) is 2.92. The first-order valence-corrected chi connectivity index (χ1v) is 6.69. The molecule has 0 saturated heterocycles. The van der Waals surface area contributed by atoms with Gasteiger partial charge >= 0.3 is 0 Å². The van der Waals surface area contributed by atoms with E-state index in [1.165, 1.54) is 16.7 Å². The van der Waals surface area contributed by atoms with Crippen LogP contribution in [0.3, 0.4) is 0 Å². The monoisotopic (exact) mass is 257 g/mol. The van der Waals surface area contributed by atoms with Gasteiger partial charge in [-0.05, 0) is 42.3 Å². The van der Waals surface area contributed by atoms with E-state index >= 15 is 0 Å². The van der Waals surface area contributed by atoms with E-state index in [9.17, 15) is 0 Å². The Hall–Kier alpha value is -1.31. The summed E-state index contributed by atoms with van der Waals surface area (Å²) in [4.78, 5) is 0. The number of hydrogen-bond donors (Lipinski definition) is 1. The Balaban J connectivity index is 2.02. The van der Waals surface area contributed by atoms with Crippen molar-refractivity contribution >= 4 is 11.6 Å². The minimum atomic E-state index is 0.460. The predicted molar refractivity (Wildman–Crippen MR) is 76.2 cm³/mol. The summed E-state index contributed by atoms with van der Waals surface area (Å²) < 4.78 is 0. The lowest BCUT2D eigenvalue weighted by molar-refractivity contribution is 0.564. The standard InChI is InChI=1S/C16H16ClN/c1-18-16-10-15(11-6-8-12(17)9-7-11)13-4-2-3-5-14(13)16/h2-9,15-16,18H,10H2,1H3. The lowest BCUT2D eigenvalue weighted by Gasteiger charge is -2.12. The van der Waals surface area contributed by atoms with E-state index in [1.54, 1.807) is 0 Å². The largest absolute Gasteiger partial charge is 0.313 e. The Morgan fingerprint density at radius 3 is 2.33 bits per heavy atom. The molecule has 0 spiro atoms. The molecule has 0 aromatic heterocycles. The average molecular weight is 258 g/mol.